The molecule has 0 aliphatic carbocycles. The summed E-state index contributed by atoms with van der Waals surface area (Å²) in [5.41, 5.74) is 1.20. The number of hydrogen-bond donors (Lipinski definition) is 2. The Hall–Kier alpha value is -0.360. The van der Waals surface area contributed by atoms with Crippen molar-refractivity contribution < 1.29 is 24.8 Å². The zero-order chi connectivity index (χ0) is 10.1. The highest BCUT2D eigenvalue weighted by Gasteiger charge is 1.84. The molecule has 0 atom stereocenters. The second-order valence-electron chi connectivity index (χ2n) is 2.00. The molecule has 4 nitrogen and oxygen atoms in total. The van der Waals surface area contributed by atoms with Crippen LogP contribution in [-0.2, 0) is 6.54 Å². The van der Waals surface area contributed by atoms with E-state index in [9.17, 15) is 0 Å². The van der Waals surface area contributed by atoms with E-state index in [1.807, 2.05) is 30.3 Å². The maximum atomic E-state index is 8.52. The molecule has 0 saturated heterocycles. The molecule has 0 bridgehead atoms. The standard InChI is InChI=1S/C7H8ClN.ClHO3/c8-9-6-7-4-2-1-3-5-7;2-1(3)4/h1-5,9H,6H2;2H. The monoisotopic (exact) mass is 225 g/mol. The smallest absolute Gasteiger partial charge is 0.282 e. The maximum absolute atomic E-state index is 8.52. The van der Waals surface area contributed by atoms with Crippen LogP contribution in [0, 0.1) is 10.8 Å². The third-order valence-electron chi connectivity index (χ3n) is 1.11. The molecule has 0 unspecified atom stereocenters. The summed E-state index contributed by atoms with van der Waals surface area (Å²) < 4.78 is 24.0. The van der Waals surface area contributed by atoms with Crippen LogP contribution in [0.1, 0.15) is 5.56 Å². The second-order valence-corrected chi connectivity index (χ2v) is 2.67. The van der Waals surface area contributed by atoms with Gasteiger partial charge in [0.2, 0.25) is 0 Å². The molecule has 13 heavy (non-hydrogen) atoms. The summed E-state index contributed by atoms with van der Waals surface area (Å²) in [4.78, 5) is 2.56. The van der Waals surface area contributed by atoms with E-state index in [4.69, 9.17) is 25.8 Å². The van der Waals surface area contributed by atoms with Crippen LogP contribution in [-0.4, -0.2) is 4.66 Å². The van der Waals surface area contributed by atoms with E-state index >= 15 is 0 Å². The van der Waals surface area contributed by atoms with Crippen molar-refractivity contribution in [2.45, 2.75) is 6.54 Å². The van der Waals surface area contributed by atoms with E-state index < -0.39 is 10.8 Å². The molecule has 1 aromatic rings. The average Bonchev–Trinajstić information content (AvgIpc) is 2.06. The van der Waals surface area contributed by atoms with Crippen molar-refractivity contribution in [2.24, 2.45) is 0 Å². The lowest BCUT2D eigenvalue weighted by Gasteiger charge is -1.94. The van der Waals surface area contributed by atoms with E-state index in [0.717, 1.165) is 6.54 Å². The van der Waals surface area contributed by atoms with Crippen molar-refractivity contribution in [3.63, 3.8) is 0 Å². The van der Waals surface area contributed by atoms with Gasteiger partial charge in [-0.25, -0.2) is 4.84 Å². The Balaban J connectivity index is 0.000000310. The first kappa shape index (κ1) is 12.6. The topological polar surface area (TPSA) is 78.4 Å². The van der Waals surface area contributed by atoms with Crippen LogP contribution in [0.25, 0.3) is 0 Å². The van der Waals surface area contributed by atoms with Crippen LogP contribution in [0.15, 0.2) is 30.3 Å². The van der Waals surface area contributed by atoms with E-state index in [1.165, 1.54) is 5.56 Å². The predicted octanol–water partition coefficient (Wildman–Crippen LogP) is -1.01. The molecule has 74 valence electrons. The Labute approximate surface area is 84.3 Å². The molecule has 2 N–H and O–H groups in total. The van der Waals surface area contributed by atoms with Crippen LogP contribution in [0.5, 0.6) is 0 Å². The zero-order valence-corrected chi connectivity index (χ0v) is 8.13. The summed E-state index contributed by atoms with van der Waals surface area (Å²) in [6, 6.07) is 10.0. The molecule has 1 aromatic carbocycles. The lowest BCUT2D eigenvalue weighted by molar-refractivity contribution is -1.63. The van der Waals surface area contributed by atoms with Gasteiger partial charge in [0.05, 0.1) is 0 Å². The van der Waals surface area contributed by atoms with Gasteiger partial charge in [-0.3, -0.25) is 0 Å². The normalized spacial score (nSPS) is 9.31. The van der Waals surface area contributed by atoms with Gasteiger partial charge in [0.25, 0.3) is 10.8 Å². The fourth-order valence-electron chi connectivity index (χ4n) is 0.673. The van der Waals surface area contributed by atoms with Gasteiger partial charge in [0, 0.05) is 11.2 Å². The van der Waals surface area contributed by atoms with E-state index in [0.29, 0.717) is 0 Å². The van der Waals surface area contributed by atoms with Gasteiger partial charge in [0.1, 0.15) is 0 Å². The largest absolute Gasteiger partial charge is 0.321 e. The van der Waals surface area contributed by atoms with Crippen LogP contribution in [0.4, 0.5) is 0 Å². The summed E-state index contributed by atoms with van der Waals surface area (Å²) in [6.45, 7) is 0.725. The molecule has 0 radical (unpaired) electrons. The van der Waals surface area contributed by atoms with Crippen LogP contribution in [0.2, 0.25) is 0 Å². The second kappa shape index (κ2) is 8.25. The summed E-state index contributed by atoms with van der Waals surface area (Å²) in [5.74, 6) is 0. The highest BCUT2D eigenvalue weighted by molar-refractivity contribution is 6.13. The molecular weight excluding hydrogens is 217 g/mol. The van der Waals surface area contributed by atoms with Gasteiger partial charge in [-0.05, 0) is 17.3 Å². The summed E-state index contributed by atoms with van der Waals surface area (Å²) in [7, 11) is -2.60. The van der Waals surface area contributed by atoms with Crippen molar-refractivity contribution in [2.75, 3.05) is 0 Å². The Morgan fingerprint density at radius 3 is 2.15 bits per heavy atom. The Bertz CT molecular complexity index is 205. The van der Waals surface area contributed by atoms with Gasteiger partial charge in [0.15, 0.2) is 0 Å². The summed E-state index contributed by atoms with van der Waals surface area (Å²) in [5, 5.41) is 0. The zero-order valence-electron chi connectivity index (χ0n) is 6.61. The first-order valence-corrected chi connectivity index (χ1v) is 4.62. The third kappa shape index (κ3) is 9.55. The number of nitrogens with one attached hydrogen (secondary N) is 1. The number of benzene rings is 1. The quantitative estimate of drug-likeness (QED) is 0.633. The van der Waals surface area contributed by atoms with Crippen molar-refractivity contribution in [1.29, 1.82) is 0 Å². The Kier molecular flexibility index (Phi) is 8.02. The maximum Gasteiger partial charge on any atom is 0.282 e. The first-order chi connectivity index (χ1) is 6.16. The molecule has 0 fully saturated rings. The van der Waals surface area contributed by atoms with Crippen LogP contribution < -0.4 is 14.2 Å². The lowest BCUT2D eigenvalue weighted by atomic mass is 10.2. The van der Waals surface area contributed by atoms with Crippen LogP contribution >= 0.6 is 11.8 Å². The molecule has 0 aromatic heterocycles. The molecule has 0 heterocycles. The number of halogens is 2. The summed E-state index contributed by atoms with van der Waals surface area (Å²) in [6.07, 6.45) is 0. The van der Waals surface area contributed by atoms with Gasteiger partial charge < -0.3 is 9.32 Å². The highest BCUT2D eigenvalue weighted by Crippen LogP contribution is 1.96. The lowest BCUT2D eigenvalue weighted by Crippen LogP contribution is -2.30. The van der Waals surface area contributed by atoms with Crippen LogP contribution in [0.3, 0.4) is 0 Å². The minimum absolute atomic E-state index is 0.725. The van der Waals surface area contributed by atoms with Gasteiger partial charge >= 0.3 is 0 Å². The fourth-order valence-corrected chi connectivity index (χ4v) is 0.827. The van der Waals surface area contributed by atoms with E-state index in [1.54, 1.807) is 0 Å². The molecule has 1 rings (SSSR count). The minimum atomic E-state index is -2.60. The Morgan fingerprint density at radius 1 is 1.31 bits per heavy atom. The number of hydrogen-bond acceptors (Lipinski definition) is 4. The molecule has 0 saturated carbocycles. The molecule has 0 aliphatic rings. The van der Waals surface area contributed by atoms with E-state index in [2.05, 4.69) is 4.84 Å². The Morgan fingerprint density at radius 2 is 1.77 bits per heavy atom. The van der Waals surface area contributed by atoms with Gasteiger partial charge in [-0.1, -0.05) is 30.3 Å². The highest BCUT2D eigenvalue weighted by atomic mass is 35.6. The third-order valence-corrected chi connectivity index (χ3v) is 1.25. The van der Waals surface area contributed by atoms with Crippen molar-refractivity contribution >= 4 is 11.8 Å². The minimum Gasteiger partial charge on any atom is -0.321 e. The molecule has 0 amide bonds. The average molecular weight is 226 g/mol. The predicted molar refractivity (Wildman–Crippen MR) is 41.4 cm³/mol. The van der Waals surface area contributed by atoms with Crippen molar-refractivity contribution in [3.8, 4) is 0 Å². The summed E-state index contributed by atoms with van der Waals surface area (Å²) >= 11 is 5.29. The SMILES string of the molecule is ClNCc1ccccc1.[O-][Cl+2]([O-])O. The van der Waals surface area contributed by atoms with Gasteiger partial charge in [-0.15, -0.1) is 0 Å². The number of rotatable bonds is 2. The van der Waals surface area contributed by atoms with Gasteiger partial charge in [-0.2, -0.15) is 0 Å². The molecule has 6 heteroatoms. The van der Waals surface area contributed by atoms with Crippen molar-refractivity contribution in [1.82, 2.24) is 4.84 Å². The molecule has 0 aliphatic heterocycles. The van der Waals surface area contributed by atoms with Crippen molar-refractivity contribution in [3.05, 3.63) is 35.9 Å². The molecule has 0 spiro atoms. The molecular formula is C7H9Cl2NO3. The van der Waals surface area contributed by atoms with E-state index in [-0.39, 0.29) is 0 Å². The first-order valence-electron chi connectivity index (χ1n) is 3.28. The fraction of sp³-hybridized carbons (Fsp3) is 0.143.